The van der Waals surface area contributed by atoms with E-state index >= 15 is 0 Å². The molecule has 1 amide bonds. The van der Waals surface area contributed by atoms with E-state index < -0.39 is 0 Å². The molecule has 2 aromatic rings. The van der Waals surface area contributed by atoms with Crippen LogP contribution in [0.15, 0.2) is 12.1 Å². The number of aromatic nitrogens is 1. The lowest BCUT2D eigenvalue weighted by molar-refractivity contribution is 0.0444. The van der Waals surface area contributed by atoms with Gasteiger partial charge in [-0.3, -0.25) is 4.79 Å². The molecule has 26 heavy (non-hydrogen) atoms. The zero-order chi connectivity index (χ0) is 18.3. The lowest BCUT2D eigenvalue weighted by Gasteiger charge is -2.33. The number of fused-ring (bicyclic) bond motifs is 1. The van der Waals surface area contributed by atoms with Crippen LogP contribution in [-0.4, -0.2) is 41.6 Å². The Labute approximate surface area is 155 Å². The van der Waals surface area contributed by atoms with Crippen molar-refractivity contribution in [2.24, 2.45) is 5.92 Å². The van der Waals surface area contributed by atoms with Crippen molar-refractivity contribution in [2.45, 2.75) is 59.0 Å². The lowest BCUT2D eigenvalue weighted by atomic mass is 9.85. The van der Waals surface area contributed by atoms with Crippen LogP contribution in [0.1, 0.15) is 59.3 Å². The fourth-order valence-corrected chi connectivity index (χ4v) is 4.43. The first-order valence-electron chi connectivity index (χ1n) is 10.0. The highest BCUT2D eigenvalue weighted by Crippen LogP contribution is 2.31. The molecular formula is C22H30N2O2. The first-order chi connectivity index (χ1) is 12.5. The van der Waals surface area contributed by atoms with E-state index in [-0.39, 0.29) is 12.0 Å². The van der Waals surface area contributed by atoms with Crippen LogP contribution in [0.25, 0.3) is 10.9 Å². The molecule has 0 spiro atoms. The van der Waals surface area contributed by atoms with Crippen molar-refractivity contribution in [1.82, 2.24) is 9.88 Å². The second-order valence-corrected chi connectivity index (χ2v) is 8.22. The van der Waals surface area contributed by atoms with Crippen LogP contribution in [0.3, 0.4) is 0 Å². The molecule has 0 bridgehead atoms. The Morgan fingerprint density at radius 3 is 2.50 bits per heavy atom. The van der Waals surface area contributed by atoms with Crippen LogP contribution in [0.2, 0.25) is 0 Å². The van der Waals surface area contributed by atoms with Gasteiger partial charge in [0.2, 0.25) is 0 Å². The zero-order valence-corrected chi connectivity index (χ0v) is 16.2. The van der Waals surface area contributed by atoms with Gasteiger partial charge in [0.1, 0.15) is 5.69 Å². The number of hydrogen-bond donors (Lipinski definition) is 1. The Balaban J connectivity index is 1.65. The number of hydrogen-bond acceptors (Lipinski definition) is 2. The molecule has 140 valence electrons. The molecule has 2 aliphatic rings. The quantitative estimate of drug-likeness (QED) is 0.858. The first-order valence-corrected chi connectivity index (χ1v) is 10.0. The second kappa shape index (κ2) is 7.07. The third-order valence-electron chi connectivity index (χ3n) is 6.27. The smallest absolute Gasteiger partial charge is 0.270 e. The zero-order valence-electron chi connectivity index (χ0n) is 16.2. The fraction of sp³-hybridized carbons (Fsp3) is 0.591. The number of nitrogens with zero attached hydrogens (tertiary/aromatic N) is 1. The minimum atomic E-state index is 0.139. The van der Waals surface area contributed by atoms with Gasteiger partial charge in [-0.1, -0.05) is 18.6 Å². The maximum atomic E-state index is 13.5. The van der Waals surface area contributed by atoms with Crippen LogP contribution in [-0.2, 0) is 4.74 Å². The Bertz CT molecular complexity index is 813. The van der Waals surface area contributed by atoms with Gasteiger partial charge < -0.3 is 14.6 Å². The highest BCUT2D eigenvalue weighted by atomic mass is 16.5. The number of rotatable bonds is 5. The lowest BCUT2D eigenvalue weighted by Crippen LogP contribution is -2.42. The number of H-pyrrole nitrogens is 1. The molecule has 0 unspecified atom stereocenters. The van der Waals surface area contributed by atoms with Crippen LogP contribution in [0.4, 0.5) is 0 Å². The van der Waals surface area contributed by atoms with Gasteiger partial charge in [0.25, 0.3) is 5.91 Å². The largest absolute Gasteiger partial charge is 0.376 e. The van der Waals surface area contributed by atoms with Crippen LogP contribution in [0.5, 0.6) is 0 Å². The standard InChI is InChI=1S/C22H30N2O2/c1-14-9-10-15(2)20-19(14)16(3)21(23-20)22(25)24(12-17-6-4-7-17)13-18-8-5-11-26-18/h9-10,17-18,23H,4-8,11-13H2,1-3H3/t18-/m0/s1. The van der Waals surface area contributed by atoms with E-state index in [0.29, 0.717) is 5.92 Å². The maximum Gasteiger partial charge on any atom is 0.270 e. The van der Waals surface area contributed by atoms with Gasteiger partial charge in [0.15, 0.2) is 0 Å². The molecular weight excluding hydrogens is 324 g/mol. The summed E-state index contributed by atoms with van der Waals surface area (Å²) in [6.45, 7) is 8.72. The van der Waals surface area contributed by atoms with E-state index in [0.717, 1.165) is 49.3 Å². The fourth-order valence-electron chi connectivity index (χ4n) is 4.43. The van der Waals surface area contributed by atoms with Gasteiger partial charge in [0.05, 0.1) is 6.10 Å². The maximum absolute atomic E-state index is 13.5. The minimum Gasteiger partial charge on any atom is -0.376 e. The van der Waals surface area contributed by atoms with Gasteiger partial charge >= 0.3 is 0 Å². The number of benzene rings is 1. The summed E-state index contributed by atoms with van der Waals surface area (Å²) in [4.78, 5) is 19.0. The molecule has 1 N–H and O–H groups in total. The van der Waals surface area contributed by atoms with E-state index in [4.69, 9.17) is 4.74 Å². The molecule has 1 aliphatic heterocycles. The van der Waals surface area contributed by atoms with E-state index in [9.17, 15) is 4.79 Å². The summed E-state index contributed by atoms with van der Waals surface area (Å²) in [6.07, 6.45) is 6.18. The highest BCUT2D eigenvalue weighted by molar-refractivity contribution is 6.02. The van der Waals surface area contributed by atoms with Crippen LogP contribution < -0.4 is 0 Å². The van der Waals surface area contributed by atoms with Crippen molar-refractivity contribution in [1.29, 1.82) is 0 Å². The van der Waals surface area contributed by atoms with Crippen molar-refractivity contribution in [3.63, 3.8) is 0 Å². The predicted molar refractivity (Wildman–Crippen MR) is 105 cm³/mol. The van der Waals surface area contributed by atoms with Crippen molar-refractivity contribution in [3.8, 4) is 0 Å². The van der Waals surface area contributed by atoms with Crippen molar-refractivity contribution in [2.75, 3.05) is 19.7 Å². The third kappa shape index (κ3) is 3.16. The average Bonchev–Trinajstić information content (AvgIpc) is 3.21. The minimum absolute atomic E-state index is 0.139. The molecule has 4 nitrogen and oxygen atoms in total. The normalized spacial score (nSPS) is 20.5. The number of carbonyl (C=O) groups excluding carboxylic acids is 1. The summed E-state index contributed by atoms with van der Waals surface area (Å²) in [7, 11) is 0. The van der Waals surface area contributed by atoms with Gasteiger partial charge in [0, 0.05) is 30.6 Å². The number of ether oxygens (including phenoxy) is 1. The molecule has 1 aromatic heterocycles. The van der Waals surface area contributed by atoms with E-state index in [1.807, 2.05) is 0 Å². The first kappa shape index (κ1) is 17.6. The monoisotopic (exact) mass is 354 g/mol. The molecule has 2 heterocycles. The van der Waals surface area contributed by atoms with Crippen LogP contribution >= 0.6 is 0 Å². The molecule has 4 heteroatoms. The molecule has 1 aliphatic carbocycles. The molecule has 2 fully saturated rings. The predicted octanol–water partition coefficient (Wildman–Crippen LogP) is 4.51. The molecule has 4 rings (SSSR count). The summed E-state index contributed by atoms with van der Waals surface area (Å²) in [5.41, 5.74) is 5.36. The topological polar surface area (TPSA) is 45.3 Å². The molecule has 1 atom stereocenters. The molecule has 1 saturated carbocycles. The second-order valence-electron chi connectivity index (χ2n) is 8.22. The van der Waals surface area contributed by atoms with Crippen molar-refractivity contribution < 1.29 is 9.53 Å². The molecule has 0 radical (unpaired) electrons. The highest BCUT2D eigenvalue weighted by Gasteiger charge is 2.30. The summed E-state index contributed by atoms with van der Waals surface area (Å²) in [6, 6.07) is 4.27. The van der Waals surface area contributed by atoms with Gasteiger partial charge in [-0.15, -0.1) is 0 Å². The third-order valence-corrected chi connectivity index (χ3v) is 6.27. The summed E-state index contributed by atoms with van der Waals surface area (Å²) in [5.74, 6) is 0.799. The Hall–Kier alpha value is -1.81. The van der Waals surface area contributed by atoms with Gasteiger partial charge in [-0.25, -0.2) is 0 Å². The summed E-state index contributed by atoms with van der Waals surface area (Å²) < 4.78 is 5.83. The van der Waals surface area contributed by atoms with E-state index in [1.54, 1.807) is 0 Å². The summed E-state index contributed by atoms with van der Waals surface area (Å²) in [5, 5.41) is 1.20. The van der Waals surface area contributed by atoms with Crippen molar-refractivity contribution in [3.05, 3.63) is 34.5 Å². The summed E-state index contributed by atoms with van der Waals surface area (Å²) >= 11 is 0. The Morgan fingerprint density at radius 1 is 1.12 bits per heavy atom. The van der Waals surface area contributed by atoms with Crippen LogP contribution in [0, 0.1) is 26.7 Å². The Morgan fingerprint density at radius 2 is 1.88 bits per heavy atom. The number of amides is 1. The number of aryl methyl sites for hydroxylation is 3. The number of nitrogens with one attached hydrogen (secondary N) is 1. The van der Waals surface area contributed by atoms with E-state index in [1.165, 1.54) is 35.8 Å². The SMILES string of the molecule is Cc1ccc(C)c2c(C)c(C(=O)N(CC3CCC3)C[C@@H]3CCCO3)[nH]c12. The average molecular weight is 354 g/mol. The Kier molecular flexibility index (Phi) is 4.78. The molecule has 1 aromatic carbocycles. The number of aromatic amines is 1. The van der Waals surface area contributed by atoms with E-state index in [2.05, 4.69) is 42.8 Å². The molecule has 1 saturated heterocycles. The number of carbonyl (C=O) groups is 1. The van der Waals surface area contributed by atoms with Gasteiger partial charge in [-0.05, 0) is 69.1 Å². The van der Waals surface area contributed by atoms with Crippen molar-refractivity contribution >= 4 is 16.8 Å². The van der Waals surface area contributed by atoms with Gasteiger partial charge in [-0.2, -0.15) is 0 Å².